The van der Waals surface area contributed by atoms with Crippen molar-refractivity contribution in [2.75, 3.05) is 0 Å². The minimum Gasteiger partial charge on any atom is -1.00 e. The molecule has 1 N–H and O–H groups in total. The van der Waals surface area contributed by atoms with Crippen molar-refractivity contribution < 1.29 is 48.0 Å². The van der Waals surface area contributed by atoms with Crippen LogP contribution in [-0.2, 0) is 28.6 Å². The van der Waals surface area contributed by atoms with Gasteiger partial charge in [-0.05, 0) is 0 Å². The smallest absolute Gasteiger partial charge is 1.00 e. The van der Waals surface area contributed by atoms with Crippen LogP contribution in [0.1, 0.15) is 39.2 Å². The summed E-state index contributed by atoms with van der Waals surface area (Å²) in [5, 5.41) is 0. The molecule has 102 valence electrons. The Morgan fingerprint density at radius 1 is 1.26 bits per heavy atom. The van der Waals surface area contributed by atoms with Gasteiger partial charge in [0.1, 0.15) is 0 Å². The fraction of sp³-hybridized carbons (Fsp3) is 0.467. The van der Waals surface area contributed by atoms with Crippen LogP contribution in [-0.4, -0.2) is 4.98 Å². The predicted octanol–water partition coefficient (Wildman–Crippen LogP) is -2.52. The number of H-pyrrole nitrogens is 1. The third-order valence-corrected chi connectivity index (χ3v) is 8.48. The van der Waals surface area contributed by atoms with Crippen LogP contribution in [0.5, 0.6) is 0 Å². The van der Waals surface area contributed by atoms with E-state index < -0.39 is 23.2 Å². The largest absolute Gasteiger partial charge is 1.00 e. The fourth-order valence-corrected chi connectivity index (χ4v) is 7.69. The second-order valence-electron chi connectivity index (χ2n) is 6.16. The maximum Gasteiger partial charge on any atom is -1.00 e. The van der Waals surface area contributed by atoms with Crippen LogP contribution in [0.25, 0.3) is 0 Å². The quantitative estimate of drug-likeness (QED) is 0.587. The Morgan fingerprint density at radius 3 is 2.53 bits per heavy atom. The summed E-state index contributed by atoms with van der Waals surface area (Å²) in [4.78, 5) is 3.53. The zero-order valence-corrected chi connectivity index (χ0v) is 15.5. The Labute approximate surface area is 139 Å². The third-order valence-electron chi connectivity index (χ3n) is 3.94. The minimum absolute atomic E-state index is 0. The van der Waals surface area contributed by atoms with E-state index in [4.69, 9.17) is 0 Å². The monoisotopic (exact) mass is 373 g/mol. The zero-order valence-electron chi connectivity index (χ0n) is 11.6. The fourth-order valence-electron chi connectivity index (χ4n) is 2.79. The summed E-state index contributed by atoms with van der Waals surface area (Å²) in [7, 11) is 0. The molecular weight excluding hydrogens is 356 g/mol. The Hall–Kier alpha value is 0.223. The molecule has 1 saturated carbocycles. The first-order chi connectivity index (χ1) is 8.01. The van der Waals surface area contributed by atoms with Gasteiger partial charge in [-0.1, -0.05) is 0 Å². The normalized spacial score (nSPS) is 23.4. The van der Waals surface area contributed by atoms with E-state index in [1.54, 1.807) is 14.5 Å². The number of allylic oxidation sites excluding steroid dienone is 4. The summed E-state index contributed by atoms with van der Waals surface area (Å²) in [5.41, 5.74) is 3.53. The summed E-state index contributed by atoms with van der Waals surface area (Å²) in [6.45, 7) is 6.95. The molecule has 0 amide bonds. The Morgan fingerprint density at radius 2 is 2.00 bits per heavy atom. The first kappa shape index (κ1) is 17.3. The summed E-state index contributed by atoms with van der Waals surface area (Å²) < 4.78 is 2.13. The number of halogens is 2. The number of aromatic amines is 1. The standard InChI is InChI=1S/C8H12N.C7H7.2ClH.Zr/c1-8(2,3)7-4-5-9-6-7;1-2-6-4-5-7(6)3-1;;;/h4-5,9H,1-3H3;1-3H,4-5H2;2*1H;/q;;;;+2/p-2. The molecule has 1 unspecified atom stereocenters. The predicted molar refractivity (Wildman–Crippen MR) is 68.3 cm³/mol. The van der Waals surface area contributed by atoms with Crippen LogP contribution in [0.4, 0.5) is 0 Å². The Bertz CT molecular complexity index is 510. The number of rotatable bonds is 2. The van der Waals surface area contributed by atoms with Gasteiger partial charge in [0.25, 0.3) is 0 Å². The van der Waals surface area contributed by atoms with Crippen LogP contribution in [0.3, 0.4) is 0 Å². The molecule has 2 aliphatic rings. The van der Waals surface area contributed by atoms with Crippen molar-refractivity contribution >= 4 is 3.40 Å². The molecule has 0 aliphatic heterocycles. The number of fused-ring (bicyclic) bond motifs is 1. The van der Waals surface area contributed by atoms with Gasteiger partial charge in [0.15, 0.2) is 0 Å². The van der Waals surface area contributed by atoms with Gasteiger partial charge in [0, 0.05) is 0 Å². The van der Waals surface area contributed by atoms with Crippen molar-refractivity contribution in [1.82, 2.24) is 4.98 Å². The molecule has 1 aromatic heterocycles. The van der Waals surface area contributed by atoms with Crippen molar-refractivity contribution in [3.63, 3.8) is 0 Å². The number of aromatic nitrogens is 1. The van der Waals surface area contributed by atoms with Crippen LogP contribution in [0.2, 0.25) is 3.12 Å². The third kappa shape index (κ3) is 2.96. The van der Waals surface area contributed by atoms with Crippen molar-refractivity contribution in [3.8, 4) is 0 Å². The average Bonchev–Trinajstić information content (AvgIpc) is 2.76. The van der Waals surface area contributed by atoms with Gasteiger partial charge in [-0.3, -0.25) is 0 Å². The first-order valence-electron chi connectivity index (χ1n) is 6.36. The first-order valence-corrected chi connectivity index (χ1v) is 8.82. The van der Waals surface area contributed by atoms with Crippen molar-refractivity contribution in [2.24, 2.45) is 0 Å². The van der Waals surface area contributed by atoms with Gasteiger partial charge >= 0.3 is 115 Å². The average molecular weight is 375 g/mol. The summed E-state index contributed by atoms with van der Waals surface area (Å²) >= 11 is -0.587. The molecule has 19 heavy (non-hydrogen) atoms. The van der Waals surface area contributed by atoms with Crippen molar-refractivity contribution in [3.05, 3.63) is 41.6 Å². The van der Waals surface area contributed by atoms with Crippen LogP contribution >= 0.6 is 0 Å². The van der Waals surface area contributed by atoms with Gasteiger partial charge in [-0.15, -0.1) is 0 Å². The van der Waals surface area contributed by atoms with Crippen LogP contribution in [0.15, 0.2) is 36.1 Å². The number of nitrogens with one attached hydrogen (secondary N) is 1. The molecule has 0 radical (unpaired) electrons. The maximum absolute atomic E-state index is 3.53. The molecular formula is C15H19Cl2NZr. The maximum atomic E-state index is 3.53. The Balaban J connectivity index is 0.000000902. The van der Waals surface area contributed by atoms with Gasteiger partial charge < -0.3 is 24.8 Å². The van der Waals surface area contributed by atoms with Crippen LogP contribution < -0.4 is 28.2 Å². The van der Waals surface area contributed by atoms with Gasteiger partial charge in [0.2, 0.25) is 0 Å². The number of hydrogen-bond donors (Lipinski definition) is 1. The van der Waals surface area contributed by atoms with E-state index in [9.17, 15) is 0 Å². The molecule has 4 heteroatoms. The molecule has 1 heterocycles. The van der Waals surface area contributed by atoms with E-state index in [-0.39, 0.29) is 30.2 Å². The van der Waals surface area contributed by atoms with Crippen LogP contribution in [0, 0.1) is 0 Å². The van der Waals surface area contributed by atoms with E-state index >= 15 is 0 Å². The molecule has 0 saturated heterocycles. The van der Waals surface area contributed by atoms with Gasteiger partial charge in [-0.2, -0.15) is 0 Å². The SMILES string of the molecule is CC(C)(C)c1cc[nH][c]1[Zr+2][C]12C=CC=C1CC2.[Cl-].[Cl-]. The molecule has 1 aromatic rings. The number of hydrogen-bond acceptors (Lipinski definition) is 0. The molecule has 1 nitrogen and oxygen atoms in total. The second kappa shape index (κ2) is 5.92. The van der Waals surface area contributed by atoms with E-state index in [1.807, 2.05) is 0 Å². The molecule has 0 spiro atoms. The summed E-state index contributed by atoms with van der Waals surface area (Å²) in [6.07, 6.45) is 12.0. The molecule has 0 aromatic carbocycles. The van der Waals surface area contributed by atoms with E-state index in [0.29, 0.717) is 3.12 Å². The molecule has 2 aliphatic carbocycles. The second-order valence-corrected chi connectivity index (χ2v) is 10.2. The molecule has 1 fully saturated rings. The summed E-state index contributed by atoms with van der Waals surface area (Å²) in [6, 6.07) is 2.29. The van der Waals surface area contributed by atoms with E-state index in [0.717, 1.165) is 0 Å². The van der Waals surface area contributed by atoms with Crippen molar-refractivity contribution in [2.45, 2.75) is 42.2 Å². The zero-order chi connectivity index (χ0) is 12.1. The van der Waals surface area contributed by atoms with E-state index in [2.05, 4.69) is 56.2 Å². The molecule has 1 atom stereocenters. The topological polar surface area (TPSA) is 15.8 Å². The summed E-state index contributed by atoms with van der Waals surface area (Å²) in [5.74, 6) is 0. The van der Waals surface area contributed by atoms with E-state index in [1.165, 1.54) is 12.8 Å². The van der Waals surface area contributed by atoms with Gasteiger partial charge in [0.05, 0.1) is 0 Å². The van der Waals surface area contributed by atoms with Gasteiger partial charge in [-0.25, -0.2) is 0 Å². The Kier molecular flexibility index (Phi) is 5.38. The molecule has 0 bridgehead atoms. The minimum atomic E-state index is -0.587. The molecule has 3 rings (SSSR count). The van der Waals surface area contributed by atoms with Crippen molar-refractivity contribution in [1.29, 1.82) is 0 Å².